The molecule has 0 radical (unpaired) electrons. The zero-order valence-electron chi connectivity index (χ0n) is 10.3. The van der Waals surface area contributed by atoms with E-state index in [0.717, 1.165) is 0 Å². The molecule has 0 spiro atoms. The van der Waals surface area contributed by atoms with Gasteiger partial charge in [-0.25, -0.2) is 0 Å². The maximum atomic E-state index is 11.5. The summed E-state index contributed by atoms with van der Waals surface area (Å²) in [6.45, 7) is 2.95. The summed E-state index contributed by atoms with van der Waals surface area (Å²) in [7, 11) is 0. The highest BCUT2D eigenvalue weighted by atomic mass is 35.5. The summed E-state index contributed by atoms with van der Waals surface area (Å²) in [5, 5.41) is 4.95. The van der Waals surface area contributed by atoms with Crippen molar-refractivity contribution in [2.75, 3.05) is 6.54 Å². The molecule has 18 heavy (non-hydrogen) atoms. The summed E-state index contributed by atoms with van der Waals surface area (Å²) < 4.78 is 0. The molecule has 1 unspecified atom stereocenters. The minimum absolute atomic E-state index is 0.139. The van der Waals surface area contributed by atoms with Gasteiger partial charge >= 0.3 is 0 Å². The van der Waals surface area contributed by atoms with Gasteiger partial charge in [-0.1, -0.05) is 0 Å². The maximum Gasteiger partial charge on any atom is 0.246 e. The molecule has 0 saturated heterocycles. The van der Waals surface area contributed by atoms with E-state index in [-0.39, 0.29) is 12.3 Å². The first-order valence-electron chi connectivity index (χ1n) is 5.33. The first kappa shape index (κ1) is 17.0. The van der Waals surface area contributed by atoms with E-state index in [2.05, 4.69) is 10.6 Å². The second kappa shape index (κ2) is 7.43. The van der Waals surface area contributed by atoms with Crippen LogP contribution in [0.5, 0.6) is 0 Å². The van der Waals surface area contributed by atoms with Gasteiger partial charge in [-0.05, 0) is 12.8 Å². The first-order chi connectivity index (χ1) is 8.22. The van der Waals surface area contributed by atoms with Crippen LogP contribution in [-0.4, -0.2) is 34.6 Å². The molecule has 0 bridgehead atoms. The zero-order valence-corrected chi connectivity index (χ0v) is 11.8. The van der Waals surface area contributed by atoms with Crippen LogP contribution in [0.4, 0.5) is 0 Å². The van der Waals surface area contributed by atoms with Crippen molar-refractivity contribution in [3.05, 3.63) is 0 Å². The van der Waals surface area contributed by atoms with E-state index in [0.29, 0.717) is 13.0 Å². The lowest BCUT2D eigenvalue weighted by atomic mass is 9.94. The number of amides is 3. The lowest BCUT2D eigenvalue weighted by molar-refractivity contribution is -0.130. The van der Waals surface area contributed by atoms with Crippen molar-refractivity contribution in [1.82, 2.24) is 10.6 Å². The third-order valence-electron chi connectivity index (χ3n) is 2.33. The first-order valence-corrected chi connectivity index (χ1v) is 6.21. The van der Waals surface area contributed by atoms with Crippen LogP contribution in [0.1, 0.15) is 26.7 Å². The Morgan fingerprint density at radius 3 is 2.11 bits per heavy atom. The summed E-state index contributed by atoms with van der Waals surface area (Å²) in [5.41, 5.74) is 3.73. The molecule has 0 aliphatic carbocycles. The monoisotopic (exact) mass is 297 g/mol. The van der Waals surface area contributed by atoms with Gasteiger partial charge in [0, 0.05) is 20.4 Å². The highest BCUT2D eigenvalue weighted by molar-refractivity contribution is 6.46. The Labute approximate surface area is 116 Å². The van der Waals surface area contributed by atoms with E-state index >= 15 is 0 Å². The zero-order chi connectivity index (χ0) is 14.3. The van der Waals surface area contributed by atoms with Crippen molar-refractivity contribution >= 4 is 40.9 Å². The number of rotatable bonds is 7. The highest BCUT2D eigenvalue weighted by Gasteiger charge is 2.43. The van der Waals surface area contributed by atoms with E-state index in [1.165, 1.54) is 13.8 Å². The van der Waals surface area contributed by atoms with E-state index in [4.69, 9.17) is 28.9 Å². The van der Waals surface area contributed by atoms with E-state index < -0.39 is 22.2 Å². The largest absolute Gasteiger partial charge is 0.368 e. The SMILES string of the molecule is CC(=O)NCCCC(NC(C)=O)(C(N)=O)C(Cl)Cl. The van der Waals surface area contributed by atoms with Crippen molar-refractivity contribution in [2.45, 2.75) is 37.1 Å². The predicted octanol–water partition coefficient (Wildman–Crippen LogP) is 0.0666. The molecule has 0 fully saturated rings. The van der Waals surface area contributed by atoms with Gasteiger partial charge in [0.05, 0.1) is 0 Å². The third kappa shape index (κ3) is 5.10. The second-order valence-corrected chi connectivity index (χ2v) is 5.00. The quantitative estimate of drug-likeness (QED) is 0.458. The van der Waals surface area contributed by atoms with Gasteiger partial charge in [0.2, 0.25) is 17.7 Å². The lowest BCUT2D eigenvalue weighted by Gasteiger charge is -2.32. The smallest absolute Gasteiger partial charge is 0.246 e. The Bertz CT molecular complexity index is 336. The number of primary amides is 1. The third-order valence-corrected chi connectivity index (χ3v) is 3.08. The van der Waals surface area contributed by atoms with E-state index in [1.807, 2.05) is 0 Å². The van der Waals surface area contributed by atoms with Crippen molar-refractivity contribution in [3.8, 4) is 0 Å². The Balaban J connectivity index is 4.69. The van der Waals surface area contributed by atoms with Crippen LogP contribution < -0.4 is 16.4 Å². The summed E-state index contributed by atoms with van der Waals surface area (Å²) in [6.07, 6.45) is 0.540. The minimum Gasteiger partial charge on any atom is -0.368 e. The Morgan fingerprint density at radius 1 is 1.22 bits per heavy atom. The summed E-state index contributed by atoms with van der Waals surface area (Å²) in [4.78, 5) is 32.1. The Kier molecular flexibility index (Phi) is 7.01. The van der Waals surface area contributed by atoms with Crippen molar-refractivity contribution < 1.29 is 14.4 Å². The second-order valence-electron chi connectivity index (χ2n) is 3.90. The van der Waals surface area contributed by atoms with Crippen LogP contribution in [0.15, 0.2) is 0 Å². The van der Waals surface area contributed by atoms with Gasteiger partial charge in [0.1, 0.15) is 10.4 Å². The van der Waals surface area contributed by atoms with Crippen molar-refractivity contribution in [3.63, 3.8) is 0 Å². The van der Waals surface area contributed by atoms with Gasteiger partial charge < -0.3 is 16.4 Å². The maximum absolute atomic E-state index is 11.5. The molecule has 0 rings (SSSR count). The molecular formula is C10H17Cl2N3O3. The normalized spacial score (nSPS) is 13.8. The van der Waals surface area contributed by atoms with Crippen LogP contribution in [-0.2, 0) is 14.4 Å². The summed E-state index contributed by atoms with van der Waals surface area (Å²) >= 11 is 11.5. The number of hydrogen-bond donors (Lipinski definition) is 3. The van der Waals surface area contributed by atoms with Crippen LogP contribution in [0.25, 0.3) is 0 Å². The molecule has 0 heterocycles. The summed E-state index contributed by atoms with van der Waals surface area (Å²) in [6, 6.07) is 0. The Hall–Kier alpha value is -1.01. The minimum atomic E-state index is -1.52. The molecule has 6 nitrogen and oxygen atoms in total. The van der Waals surface area contributed by atoms with E-state index in [9.17, 15) is 14.4 Å². The molecule has 0 aromatic rings. The fourth-order valence-corrected chi connectivity index (χ4v) is 2.01. The molecule has 104 valence electrons. The molecule has 0 aliphatic heterocycles. The number of hydrogen-bond acceptors (Lipinski definition) is 3. The molecular weight excluding hydrogens is 281 g/mol. The van der Waals surface area contributed by atoms with Gasteiger partial charge in [-0.15, -0.1) is 23.2 Å². The average molecular weight is 298 g/mol. The van der Waals surface area contributed by atoms with Crippen LogP contribution in [0, 0.1) is 0 Å². The van der Waals surface area contributed by atoms with Crippen molar-refractivity contribution in [2.24, 2.45) is 5.73 Å². The molecule has 0 aliphatic rings. The van der Waals surface area contributed by atoms with Gasteiger partial charge in [-0.2, -0.15) is 0 Å². The Morgan fingerprint density at radius 2 is 1.78 bits per heavy atom. The fourth-order valence-electron chi connectivity index (χ4n) is 1.46. The average Bonchev–Trinajstić information content (AvgIpc) is 2.20. The number of alkyl halides is 2. The highest BCUT2D eigenvalue weighted by Crippen LogP contribution is 2.25. The van der Waals surface area contributed by atoms with Gasteiger partial charge in [0.25, 0.3) is 0 Å². The number of nitrogens with one attached hydrogen (secondary N) is 2. The predicted molar refractivity (Wildman–Crippen MR) is 69.2 cm³/mol. The number of carbonyl (C=O) groups is 3. The topological polar surface area (TPSA) is 101 Å². The molecule has 3 amide bonds. The lowest BCUT2D eigenvalue weighted by Crippen LogP contribution is -2.61. The number of halogens is 2. The molecule has 8 heteroatoms. The fraction of sp³-hybridized carbons (Fsp3) is 0.700. The van der Waals surface area contributed by atoms with Crippen LogP contribution >= 0.6 is 23.2 Å². The van der Waals surface area contributed by atoms with Crippen LogP contribution in [0.2, 0.25) is 0 Å². The van der Waals surface area contributed by atoms with Gasteiger partial charge in [-0.3, -0.25) is 14.4 Å². The standard InChI is InChI=1S/C10H17Cl2N3O3/c1-6(16)14-5-3-4-10(8(11)12,9(13)18)15-7(2)17/h8H,3-5H2,1-2H3,(H2,13,18)(H,14,16)(H,15,17). The molecule has 0 aromatic carbocycles. The number of nitrogens with two attached hydrogens (primary N) is 1. The molecule has 0 aromatic heterocycles. The van der Waals surface area contributed by atoms with Crippen molar-refractivity contribution in [1.29, 1.82) is 0 Å². The summed E-state index contributed by atoms with van der Waals surface area (Å²) in [5.74, 6) is -1.46. The molecule has 0 saturated carbocycles. The number of carbonyl (C=O) groups excluding carboxylic acids is 3. The van der Waals surface area contributed by atoms with Gasteiger partial charge in [0.15, 0.2) is 0 Å². The van der Waals surface area contributed by atoms with E-state index in [1.54, 1.807) is 0 Å². The molecule has 1 atom stereocenters. The van der Waals surface area contributed by atoms with Crippen LogP contribution in [0.3, 0.4) is 0 Å². The molecule has 4 N–H and O–H groups in total.